The number of amidine groups is 1. The van der Waals surface area contributed by atoms with E-state index in [0.717, 1.165) is 36.5 Å². The first kappa shape index (κ1) is 18.0. The van der Waals surface area contributed by atoms with E-state index in [-0.39, 0.29) is 5.91 Å². The highest BCUT2D eigenvalue weighted by Crippen LogP contribution is 2.16. The van der Waals surface area contributed by atoms with E-state index in [1.165, 1.54) is 5.56 Å². The van der Waals surface area contributed by atoms with Crippen LogP contribution in [-0.4, -0.2) is 31.4 Å². The Kier molecular flexibility index (Phi) is 6.25. The van der Waals surface area contributed by atoms with Crippen molar-refractivity contribution < 1.29 is 9.53 Å². The summed E-state index contributed by atoms with van der Waals surface area (Å²) in [5.74, 6) is 1.62. The van der Waals surface area contributed by atoms with Gasteiger partial charge < -0.3 is 15.4 Å². The van der Waals surface area contributed by atoms with Crippen LogP contribution in [0.25, 0.3) is 0 Å². The molecule has 2 aromatic carbocycles. The van der Waals surface area contributed by atoms with Crippen LogP contribution in [0.4, 0.5) is 0 Å². The highest BCUT2D eigenvalue weighted by atomic mass is 16.5. The van der Waals surface area contributed by atoms with Crippen LogP contribution in [0.2, 0.25) is 0 Å². The van der Waals surface area contributed by atoms with E-state index in [2.05, 4.69) is 34.7 Å². The van der Waals surface area contributed by atoms with Crippen molar-refractivity contribution in [2.24, 2.45) is 4.99 Å². The summed E-state index contributed by atoms with van der Waals surface area (Å²) < 4.78 is 5.61. The van der Waals surface area contributed by atoms with Crippen molar-refractivity contribution in [3.05, 3.63) is 65.2 Å². The first-order chi connectivity index (χ1) is 12.8. The number of rotatable bonds is 8. The van der Waals surface area contributed by atoms with Gasteiger partial charge in [-0.1, -0.05) is 37.6 Å². The summed E-state index contributed by atoms with van der Waals surface area (Å²) in [5, 5.41) is 6.22. The molecule has 0 spiro atoms. The second kappa shape index (κ2) is 9.04. The Morgan fingerprint density at radius 3 is 2.73 bits per heavy atom. The van der Waals surface area contributed by atoms with Crippen LogP contribution in [0.5, 0.6) is 5.75 Å². The van der Waals surface area contributed by atoms with Crippen LogP contribution in [0.1, 0.15) is 41.3 Å². The normalized spacial score (nSPS) is 12.3. The molecule has 136 valence electrons. The summed E-state index contributed by atoms with van der Waals surface area (Å²) in [6.45, 7) is 4.73. The zero-order valence-corrected chi connectivity index (χ0v) is 15.1. The number of ether oxygens (including phenoxy) is 1. The summed E-state index contributed by atoms with van der Waals surface area (Å²) in [5.41, 5.74) is 3.02. The number of aliphatic imine (C=N–C) groups is 1. The number of amides is 1. The van der Waals surface area contributed by atoms with Crippen molar-refractivity contribution in [1.29, 1.82) is 0 Å². The summed E-state index contributed by atoms with van der Waals surface area (Å²) >= 11 is 0. The van der Waals surface area contributed by atoms with Gasteiger partial charge >= 0.3 is 0 Å². The predicted octanol–water partition coefficient (Wildman–Crippen LogP) is 3.15. The van der Waals surface area contributed by atoms with Crippen LogP contribution >= 0.6 is 0 Å². The van der Waals surface area contributed by atoms with Gasteiger partial charge in [0.15, 0.2) is 0 Å². The third kappa shape index (κ3) is 4.63. The fourth-order valence-corrected chi connectivity index (χ4v) is 2.79. The van der Waals surface area contributed by atoms with Crippen molar-refractivity contribution in [2.75, 3.05) is 19.7 Å². The lowest BCUT2D eigenvalue weighted by molar-refractivity contribution is 0.0954. The molecule has 0 aliphatic carbocycles. The molecule has 0 radical (unpaired) electrons. The van der Waals surface area contributed by atoms with Crippen LogP contribution in [0.3, 0.4) is 0 Å². The molecule has 5 nitrogen and oxygen atoms in total. The largest absolute Gasteiger partial charge is 0.494 e. The van der Waals surface area contributed by atoms with Gasteiger partial charge in [-0.05, 0) is 36.2 Å². The molecule has 0 aromatic heterocycles. The van der Waals surface area contributed by atoms with E-state index in [1.807, 2.05) is 24.3 Å². The molecule has 0 bridgehead atoms. The average Bonchev–Trinajstić information content (AvgIpc) is 3.09. The lowest BCUT2D eigenvalue weighted by Gasteiger charge is -2.09. The maximum Gasteiger partial charge on any atom is 0.251 e. The quantitative estimate of drug-likeness (QED) is 0.718. The van der Waals surface area contributed by atoms with Crippen LogP contribution in [-0.2, 0) is 6.54 Å². The third-order valence-electron chi connectivity index (χ3n) is 4.27. The predicted molar refractivity (Wildman–Crippen MR) is 104 cm³/mol. The Morgan fingerprint density at radius 1 is 1.12 bits per heavy atom. The highest BCUT2D eigenvalue weighted by Gasteiger charge is 2.14. The van der Waals surface area contributed by atoms with Crippen LogP contribution in [0.15, 0.2) is 53.5 Å². The van der Waals surface area contributed by atoms with Gasteiger partial charge in [0.25, 0.3) is 5.91 Å². The van der Waals surface area contributed by atoms with Crippen molar-refractivity contribution in [3.8, 4) is 5.75 Å². The number of unbranched alkanes of at least 4 members (excludes halogenated alkanes) is 1. The van der Waals surface area contributed by atoms with Gasteiger partial charge in [0.05, 0.1) is 13.2 Å². The van der Waals surface area contributed by atoms with Gasteiger partial charge in [-0.15, -0.1) is 0 Å². The molecule has 26 heavy (non-hydrogen) atoms. The number of hydrogen-bond donors (Lipinski definition) is 2. The zero-order valence-electron chi connectivity index (χ0n) is 15.1. The van der Waals surface area contributed by atoms with Crippen molar-refractivity contribution in [1.82, 2.24) is 10.6 Å². The zero-order chi connectivity index (χ0) is 18.2. The van der Waals surface area contributed by atoms with Gasteiger partial charge in [0.1, 0.15) is 11.6 Å². The summed E-state index contributed by atoms with van der Waals surface area (Å²) in [7, 11) is 0. The van der Waals surface area contributed by atoms with Gasteiger partial charge in [-0.25, -0.2) is 0 Å². The number of fused-ring (bicyclic) bond motifs is 1. The smallest absolute Gasteiger partial charge is 0.251 e. The Balaban J connectivity index is 1.40. The molecular formula is C21H25N3O2. The molecular weight excluding hydrogens is 326 g/mol. The molecule has 1 heterocycles. The molecule has 0 atom stereocenters. The molecule has 5 heteroatoms. The number of carbonyl (C=O) groups excluding carboxylic acids is 1. The standard InChI is InChI=1S/C21H25N3O2/c1-2-3-14-26-18-10-8-16(9-11-18)21(25)23-13-12-22-20-19-7-5-4-6-17(19)15-24-20/h4-11H,2-3,12-15H2,1H3,(H,22,24)(H,23,25). The fraction of sp³-hybridized carbons (Fsp3) is 0.333. The van der Waals surface area contributed by atoms with Gasteiger partial charge in [-0.2, -0.15) is 0 Å². The summed E-state index contributed by atoms with van der Waals surface area (Å²) in [6, 6.07) is 15.5. The molecule has 0 saturated carbocycles. The first-order valence-electron chi connectivity index (χ1n) is 9.15. The van der Waals surface area contributed by atoms with E-state index >= 15 is 0 Å². The molecule has 1 aliphatic heterocycles. The van der Waals surface area contributed by atoms with E-state index < -0.39 is 0 Å². The Bertz CT molecular complexity index is 769. The minimum absolute atomic E-state index is 0.0827. The van der Waals surface area contributed by atoms with Crippen molar-refractivity contribution in [2.45, 2.75) is 26.3 Å². The Morgan fingerprint density at radius 2 is 1.92 bits per heavy atom. The molecule has 1 aliphatic rings. The lowest BCUT2D eigenvalue weighted by Crippen LogP contribution is -2.34. The van der Waals surface area contributed by atoms with Gasteiger partial charge in [0, 0.05) is 24.2 Å². The second-order valence-corrected chi connectivity index (χ2v) is 6.23. The Labute approximate surface area is 154 Å². The maximum absolute atomic E-state index is 12.2. The van der Waals surface area contributed by atoms with E-state index in [4.69, 9.17) is 4.74 Å². The average molecular weight is 351 g/mol. The minimum Gasteiger partial charge on any atom is -0.494 e. The number of nitrogens with one attached hydrogen (secondary N) is 2. The number of carbonyl (C=O) groups is 1. The van der Waals surface area contributed by atoms with E-state index in [0.29, 0.717) is 25.3 Å². The molecule has 2 N–H and O–H groups in total. The van der Waals surface area contributed by atoms with E-state index in [1.54, 1.807) is 12.1 Å². The summed E-state index contributed by atoms with van der Waals surface area (Å²) in [4.78, 5) is 16.7. The third-order valence-corrected chi connectivity index (χ3v) is 4.27. The minimum atomic E-state index is -0.0827. The lowest BCUT2D eigenvalue weighted by atomic mass is 10.1. The van der Waals surface area contributed by atoms with Crippen molar-refractivity contribution >= 4 is 11.7 Å². The molecule has 0 unspecified atom stereocenters. The topological polar surface area (TPSA) is 62.7 Å². The molecule has 0 fully saturated rings. The first-order valence-corrected chi connectivity index (χ1v) is 9.15. The number of hydrogen-bond acceptors (Lipinski definition) is 4. The highest BCUT2D eigenvalue weighted by molar-refractivity contribution is 6.02. The number of benzene rings is 2. The maximum atomic E-state index is 12.2. The molecule has 2 aromatic rings. The number of nitrogens with zero attached hydrogens (tertiary/aromatic N) is 1. The van der Waals surface area contributed by atoms with Crippen LogP contribution < -0.4 is 15.4 Å². The Hall–Kier alpha value is -2.82. The SMILES string of the molecule is CCCCOc1ccc(C(=O)NCCNC2=NCc3ccccc32)cc1. The molecule has 0 saturated heterocycles. The molecule has 1 amide bonds. The van der Waals surface area contributed by atoms with Crippen LogP contribution in [0, 0.1) is 0 Å². The summed E-state index contributed by atoms with van der Waals surface area (Å²) in [6.07, 6.45) is 2.14. The fourth-order valence-electron chi connectivity index (χ4n) is 2.79. The van der Waals surface area contributed by atoms with Crippen molar-refractivity contribution in [3.63, 3.8) is 0 Å². The second-order valence-electron chi connectivity index (χ2n) is 6.23. The van der Waals surface area contributed by atoms with Gasteiger partial charge in [-0.3, -0.25) is 9.79 Å². The van der Waals surface area contributed by atoms with E-state index in [9.17, 15) is 4.79 Å². The monoisotopic (exact) mass is 351 g/mol. The molecule has 3 rings (SSSR count). The van der Waals surface area contributed by atoms with Gasteiger partial charge in [0.2, 0.25) is 0 Å².